The smallest absolute Gasteiger partial charge is 0.293 e. The number of hydrogen-bond donors (Lipinski definition) is 1. The van der Waals surface area contributed by atoms with Crippen LogP contribution in [0.25, 0.3) is 0 Å². The van der Waals surface area contributed by atoms with Crippen LogP contribution in [-0.2, 0) is 7.05 Å². The van der Waals surface area contributed by atoms with Crippen molar-refractivity contribution in [3.8, 4) is 0 Å². The van der Waals surface area contributed by atoms with E-state index in [0.29, 0.717) is 11.9 Å². The van der Waals surface area contributed by atoms with E-state index >= 15 is 0 Å². The van der Waals surface area contributed by atoms with E-state index in [1.165, 1.54) is 19.3 Å². The molecule has 1 saturated heterocycles. The highest BCUT2D eigenvalue weighted by molar-refractivity contribution is 5.38. The fourth-order valence-electron chi connectivity index (χ4n) is 2.76. The largest absolute Gasteiger partial charge is 0.348 e. The number of nitrogens with one attached hydrogen (secondary N) is 1. The molecule has 2 fully saturated rings. The zero-order valence-corrected chi connectivity index (χ0v) is 11.5. The van der Waals surface area contributed by atoms with E-state index in [1.54, 1.807) is 24.0 Å². The Morgan fingerprint density at radius 3 is 3.00 bits per heavy atom. The Balaban J connectivity index is 1.78. The van der Waals surface area contributed by atoms with Crippen LogP contribution in [0.4, 0.5) is 5.82 Å². The van der Waals surface area contributed by atoms with Gasteiger partial charge in [0.05, 0.1) is 0 Å². The van der Waals surface area contributed by atoms with Gasteiger partial charge in [-0.25, -0.2) is 4.98 Å². The summed E-state index contributed by atoms with van der Waals surface area (Å²) >= 11 is 0. The Morgan fingerprint density at radius 1 is 1.37 bits per heavy atom. The van der Waals surface area contributed by atoms with Gasteiger partial charge >= 0.3 is 0 Å². The second-order valence-corrected chi connectivity index (χ2v) is 5.69. The highest BCUT2D eigenvalue weighted by Crippen LogP contribution is 2.23. The molecule has 5 nitrogen and oxygen atoms in total. The summed E-state index contributed by atoms with van der Waals surface area (Å²) in [7, 11) is 1.79. The van der Waals surface area contributed by atoms with Gasteiger partial charge in [0.25, 0.3) is 5.56 Å². The van der Waals surface area contributed by atoms with E-state index in [1.807, 2.05) is 0 Å². The molecule has 0 radical (unpaired) electrons. The molecular weight excluding hydrogens is 240 g/mol. The summed E-state index contributed by atoms with van der Waals surface area (Å²) in [5.41, 5.74) is 0.0146. The van der Waals surface area contributed by atoms with Crippen LogP contribution >= 0.6 is 0 Å². The number of hydrogen-bond acceptors (Lipinski definition) is 4. The lowest BCUT2D eigenvalue weighted by atomic mass is 10.0. The quantitative estimate of drug-likeness (QED) is 0.875. The van der Waals surface area contributed by atoms with Gasteiger partial charge in [-0.3, -0.25) is 4.79 Å². The van der Waals surface area contributed by atoms with Crippen LogP contribution in [0.3, 0.4) is 0 Å². The summed E-state index contributed by atoms with van der Waals surface area (Å²) in [6.45, 7) is 1.92. The molecule has 1 aliphatic heterocycles. The predicted octanol–water partition coefficient (Wildman–Crippen LogP) is 0.891. The first-order valence-electron chi connectivity index (χ1n) is 7.27. The highest BCUT2D eigenvalue weighted by atomic mass is 16.1. The Hall–Kier alpha value is -1.36. The molecular formula is C14H22N4O. The molecule has 0 bridgehead atoms. The minimum absolute atomic E-state index is 0.0146. The van der Waals surface area contributed by atoms with Crippen LogP contribution in [0.5, 0.6) is 0 Å². The fraction of sp³-hybridized carbons (Fsp3) is 0.714. The van der Waals surface area contributed by atoms with E-state index in [0.717, 1.165) is 32.0 Å². The first kappa shape index (κ1) is 12.7. The monoisotopic (exact) mass is 262 g/mol. The molecule has 1 unspecified atom stereocenters. The lowest BCUT2D eigenvalue weighted by Crippen LogP contribution is -2.48. The van der Waals surface area contributed by atoms with Gasteiger partial charge in [-0.05, 0) is 32.1 Å². The number of rotatable bonds is 4. The Morgan fingerprint density at radius 2 is 2.21 bits per heavy atom. The minimum Gasteiger partial charge on any atom is -0.348 e. The molecule has 19 heavy (non-hydrogen) atoms. The second kappa shape index (κ2) is 5.33. The molecule has 1 aliphatic carbocycles. The molecule has 2 aliphatic rings. The molecule has 1 atom stereocenters. The van der Waals surface area contributed by atoms with Crippen molar-refractivity contribution in [2.75, 3.05) is 18.0 Å². The van der Waals surface area contributed by atoms with Gasteiger partial charge in [-0.1, -0.05) is 0 Å². The SMILES string of the molecule is Cn1ccnc(N2CCCCC2CNC2CC2)c1=O. The molecule has 0 amide bonds. The van der Waals surface area contributed by atoms with Crippen LogP contribution in [0, 0.1) is 0 Å². The van der Waals surface area contributed by atoms with E-state index < -0.39 is 0 Å². The molecule has 0 spiro atoms. The van der Waals surface area contributed by atoms with Gasteiger partial charge in [-0.15, -0.1) is 0 Å². The molecule has 104 valence electrons. The Labute approximate surface area is 113 Å². The molecule has 1 aromatic rings. The highest BCUT2D eigenvalue weighted by Gasteiger charge is 2.28. The molecule has 3 rings (SSSR count). The number of anilines is 1. The number of piperidine rings is 1. The third kappa shape index (κ3) is 2.81. The van der Waals surface area contributed by atoms with Crippen molar-refractivity contribution in [2.24, 2.45) is 7.05 Å². The lowest BCUT2D eigenvalue weighted by molar-refractivity contribution is 0.429. The van der Waals surface area contributed by atoms with Crippen LogP contribution in [0.15, 0.2) is 17.2 Å². The molecule has 2 heterocycles. The van der Waals surface area contributed by atoms with E-state index in [2.05, 4.69) is 15.2 Å². The lowest BCUT2D eigenvalue weighted by Gasteiger charge is -2.36. The normalized spacial score (nSPS) is 23.6. The maximum Gasteiger partial charge on any atom is 0.293 e. The van der Waals surface area contributed by atoms with Crippen molar-refractivity contribution in [1.82, 2.24) is 14.9 Å². The van der Waals surface area contributed by atoms with Crippen molar-refractivity contribution in [2.45, 2.75) is 44.2 Å². The fourth-order valence-corrected chi connectivity index (χ4v) is 2.76. The summed E-state index contributed by atoms with van der Waals surface area (Å²) < 4.78 is 1.61. The van der Waals surface area contributed by atoms with Gasteiger partial charge in [0.2, 0.25) is 0 Å². The van der Waals surface area contributed by atoms with Gasteiger partial charge < -0.3 is 14.8 Å². The van der Waals surface area contributed by atoms with Crippen molar-refractivity contribution in [3.63, 3.8) is 0 Å². The number of aryl methyl sites for hydroxylation is 1. The summed E-state index contributed by atoms with van der Waals surface area (Å²) in [5.74, 6) is 0.618. The molecule has 0 aromatic carbocycles. The van der Waals surface area contributed by atoms with Crippen molar-refractivity contribution < 1.29 is 0 Å². The Kier molecular flexibility index (Phi) is 3.55. The van der Waals surface area contributed by atoms with Crippen molar-refractivity contribution in [1.29, 1.82) is 0 Å². The summed E-state index contributed by atoms with van der Waals surface area (Å²) in [6.07, 6.45) is 9.60. The average molecular weight is 262 g/mol. The zero-order chi connectivity index (χ0) is 13.2. The molecule has 1 saturated carbocycles. The molecule has 5 heteroatoms. The van der Waals surface area contributed by atoms with Crippen molar-refractivity contribution in [3.05, 3.63) is 22.7 Å². The summed E-state index contributed by atoms with van der Waals surface area (Å²) in [6, 6.07) is 1.13. The van der Waals surface area contributed by atoms with E-state index in [4.69, 9.17) is 0 Å². The molecule has 1 aromatic heterocycles. The maximum absolute atomic E-state index is 12.2. The third-order valence-corrected chi connectivity index (χ3v) is 4.12. The van der Waals surface area contributed by atoms with Gasteiger partial charge in [0.15, 0.2) is 5.82 Å². The first-order valence-corrected chi connectivity index (χ1v) is 7.27. The van der Waals surface area contributed by atoms with Gasteiger partial charge in [0.1, 0.15) is 0 Å². The van der Waals surface area contributed by atoms with Gasteiger partial charge in [0, 0.05) is 44.6 Å². The van der Waals surface area contributed by atoms with E-state index in [9.17, 15) is 4.79 Å². The third-order valence-electron chi connectivity index (χ3n) is 4.12. The van der Waals surface area contributed by atoms with E-state index in [-0.39, 0.29) is 5.56 Å². The number of nitrogens with zero attached hydrogens (tertiary/aromatic N) is 3. The topological polar surface area (TPSA) is 50.2 Å². The summed E-state index contributed by atoms with van der Waals surface area (Å²) in [4.78, 5) is 18.7. The standard InChI is InChI=1S/C14H22N4O/c1-17-9-7-15-13(14(17)19)18-8-3-2-4-12(18)10-16-11-5-6-11/h7,9,11-12,16H,2-6,8,10H2,1H3. The van der Waals surface area contributed by atoms with Gasteiger partial charge in [-0.2, -0.15) is 0 Å². The first-order chi connectivity index (χ1) is 9.25. The van der Waals surface area contributed by atoms with Crippen LogP contribution in [-0.4, -0.2) is 34.7 Å². The average Bonchev–Trinajstić information content (AvgIpc) is 3.24. The molecule has 1 N–H and O–H groups in total. The van der Waals surface area contributed by atoms with Crippen molar-refractivity contribution >= 4 is 5.82 Å². The van der Waals surface area contributed by atoms with Crippen LogP contribution < -0.4 is 15.8 Å². The minimum atomic E-state index is 0.0146. The van der Waals surface area contributed by atoms with Crippen LogP contribution in [0.2, 0.25) is 0 Å². The Bertz CT molecular complexity index is 494. The summed E-state index contributed by atoms with van der Waals surface area (Å²) in [5, 5.41) is 3.58. The second-order valence-electron chi connectivity index (χ2n) is 5.69. The predicted molar refractivity (Wildman–Crippen MR) is 75.5 cm³/mol. The van der Waals surface area contributed by atoms with Crippen LogP contribution in [0.1, 0.15) is 32.1 Å². The number of aromatic nitrogens is 2. The zero-order valence-electron chi connectivity index (χ0n) is 11.5. The maximum atomic E-state index is 12.2.